The summed E-state index contributed by atoms with van der Waals surface area (Å²) in [6.45, 7) is 10.1. The largest absolute Gasteiger partial charge is 0.336 e. The lowest BCUT2D eigenvalue weighted by Crippen LogP contribution is -2.38. The summed E-state index contributed by atoms with van der Waals surface area (Å²) in [5.41, 5.74) is 1.94. The molecular weight excluding hydrogens is 366 g/mol. The monoisotopic (exact) mass is 393 g/mol. The Morgan fingerprint density at radius 2 is 1.93 bits per heavy atom. The van der Waals surface area contributed by atoms with E-state index in [0.29, 0.717) is 6.04 Å². The van der Waals surface area contributed by atoms with Crippen molar-refractivity contribution in [2.75, 3.05) is 26.2 Å². The number of likely N-dealkylation sites (N-methyl/N-ethyl adjacent to an activating group) is 1. The smallest absolute Gasteiger partial charge is 0.265 e. The van der Waals surface area contributed by atoms with Crippen molar-refractivity contribution >= 4 is 28.0 Å². The number of nitrogens with zero attached hydrogens (tertiary/aromatic N) is 3. The van der Waals surface area contributed by atoms with Crippen molar-refractivity contribution in [3.63, 3.8) is 0 Å². The van der Waals surface area contributed by atoms with Crippen LogP contribution in [0.25, 0.3) is 21.3 Å². The van der Waals surface area contributed by atoms with Gasteiger partial charge in [0.25, 0.3) is 5.91 Å². The molecule has 1 aliphatic heterocycles. The van der Waals surface area contributed by atoms with Gasteiger partial charge in [-0.1, -0.05) is 56.3 Å². The maximum atomic E-state index is 13.2. The molecule has 1 unspecified atom stereocenters. The minimum absolute atomic E-state index is 0.135. The number of hydrogen-bond donors (Lipinski definition) is 0. The average molecular weight is 394 g/mol. The number of rotatable bonds is 5. The molecule has 1 fully saturated rings. The highest BCUT2D eigenvalue weighted by molar-refractivity contribution is 7.17. The van der Waals surface area contributed by atoms with Gasteiger partial charge in [-0.15, -0.1) is 11.3 Å². The maximum absolute atomic E-state index is 13.2. The average Bonchev–Trinajstić information content (AvgIpc) is 3.35. The quantitative estimate of drug-likeness (QED) is 0.623. The topological polar surface area (TPSA) is 36.4 Å². The Balaban J connectivity index is 1.61. The summed E-state index contributed by atoms with van der Waals surface area (Å²) >= 11 is 1.53. The summed E-state index contributed by atoms with van der Waals surface area (Å²) in [5.74, 6) is 0.135. The Bertz CT molecular complexity index is 987. The van der Waals surface area contributed by atoms with Crippen molar-refractivity contribution in [3.05, 3.63) is 53.0 Å². The second kappa shape index (κ2) is 8.02. The van der Waals surface area contributed by atoms with Gasteiger partial charge in [-0.05, 0) is 37.2 Å². The number of amides is 1. The SMILES string of the molecule is CCN(CC)C1CCN(C(=O)c2sc(-c3cccc4ccccc34)nc2C)C1. The zero-order valence-electron chi connectivity index (χ0n) is 16.8. The Morgan fingerprint density at radius 3 is 2.71 bits per heavy atom. The van der Waals surface area contributed by atoms with Crippen LogP contribution in [-0.4, -0.2) is 52.9 Å². The van der Waals surface area contributed by atoms with E-state index in [0.717, 1.165) is 53.7 Å². The third-order valence-electron chi connectivity index (χ3n) is 5.79. The number of hydrogen-bond acceptors (Lipinski definition) is 4. The summed E-state index contributed by atoms with van der Waals surface area (Å²) in [7, 11) is 0. The number of aryl methyl sites for hydroxylation is 1. The first-order chi connectivity index (χ1) is 13.6. The van der Waals surface area contributed by atoms with E-state index in [4.69, 9.17) is 4.98 Å². The molecule has 146 valence electrons. The summed E-state index contributed by atoms with van der Waals surface area (Å²) in [6, 6.07) is 15.1. The molecule has 0 radical (unpaired) electrons. The Hall–Kier alpha value is -2.24. The van der Waals surface area contributed by atoms with E-state index in [-0.39, 0.29) is 5.91 Å². The molecule has 1 aromatic heterocycles. The van der Waals surface area contributed by atoms with Gasteiger partial charge < -0.3 is 4.90 Å². The highest BCUT2D eigenvalue weighted by atomic mass is 32.1. The molecule has 28 heavy (non-hydrogen) atoms. The van der Waals surface area contributed by atoms with Gasteiger partial charge in [-0.25, -0.2) is 4.98 Å². The second-order valence-corrected chi connectivity index (χ2v) is 8.37. The van der Waals surface area contributed by atoms with Crippen molar-refractivity contribution in [1.82, 2.24) is 14.8 Å². The van der Waals surface area contributed by atoms with Crippen LogP contribution in [0.15, 0.2) is 42.5 Å². The number of carbonyl (C=O) groups excluding carboxylic acids is 1. The third-order valence-corrected chi connectivity index (χ3v) is 6.97. The van der Waals surface area contributed by atoms with Crippen LogP contribution in [0.1, 0.15) is 35.6 Å². The standard InChI is InChI=1S/C23H27N3OS/c1-4-25(5-2)18-13-14-26(15-18)23(27)21-16(3)24-22(28-21)20-12-8-10-17-9-6-7-11-19(17)20/h6-12,18H,4-5,13-15H2,1-3H3. The molecule has 0 spiro atoms. The number of thiazole rings is 1. The molecule has 2 aromatic carbocycles. The van der Waals surface area contributed by atoms with Gasteiger partial charge in [-0.3, -0.25) is 9.69 Å². The first kappa shape index (κ1) is 19.1. The minimum atomic E-state index is 0.135. The Labute approximate surface area is 170 Å². The molecule has 1 amide bonds. The lowest BCUT2D eigenvalue weighted by Gasteiger charge is -2.26. The maximum Gasteiger partial charge on any atom is 0.265 e. The van der Waals surface area contributed by atoms with Crippen molar-refractivity contribution in [2.45, 2.75) is 33.2 Å². The summed E-state index contributed by atoms with van der Waals surface area (Å²) in [5, 5.41) is 3.31. The molecular formula is C23H27N3OS. The lowest BCUT2D eigenvalue weighted by atomic mass is 10.1. The molecule has 2 heterocycles. The van der Waals surface area contributed by atoms with Gasteiger partial charge in [0.2, 0.25) is 0 Å². The van der Waals surface area contributed by atoms with E-state index >= 15 is 0 Å². The first-order valence-corrected chi connectivity index (χ1v) is 10.9. The van der Waals surface area contributed by atoms with Crippen LogP contribution in [0.3, 0.4) is 0 Å². The van der Waals surface area contributed by atoms with Gasteiger partial charge in [0.15, 0.2) is 0 Å². The van der Waals surface area contributed by atoms with Gasteiger partial charge in [0.1, 0.15) is 9.88 Å². The van der Waals surface area contributed by atoms with E-state index in [2.05, 4.69) is 55.1 Å². The number of carbonyl (C=O) groups is 1. The van der Waals surface area contributed by atoms with E-state index in [9.17, 15) is 4.79 Å². The normalized spacial score (nSPS) is 17.0. The molecule has 1 saturated heterocycles. The van der Waals surface area contributed by atoms with Crippen molar-refractivity contribution in [3.8, 4) is 10.6 Å². The fourth-order valence-corrected chi connectivity index (χ4v) is 5.30. The van der Waals surface area contributed by atoms with Crippen LogP contribution in [-0.2, 0) is 0 Å². The van der Waals surface area contributed by atoms with Crippen molar-refractivity contribution < 1.29 is 4.79 Å². The fourth-order valence-electron chi connectivity index (χ4n) is 4.23. The molecule has 0 N–H and O–H groups in total. The lowest BCUT2D eigenvalue weighted by molar-refractivity contribution is 0.0782. The third kappa shape index (κ3) is 3.45. The van der Waals surface area contributed by atoms with Gasteiger partial charge in [0, 0.05) is 24.7 Å². The number of likely N-dealkylation sites (tertiary alicyclic amines) is 1. The molecule has 5 heteroatoms. The molecule has 4 nitrogen and oxygen atoms in total. The predicted molar refractivity (Wildman–Crippen MR) is 117 cm³/mol. The molecule has 1 atom stereocenters. The number of fused-ring (bicyclic) bond motifs is 1. The van der Waals surface area contributed by atoms with Crippen LogP contribution < -0.4 is 0 Å². The summed E-state index contributed by atoms with van der Waals surface area (Å²) in [6.07, 6.45) is 1.06. The summed E-state index contributed by atoms with van der Waals surface area (Å²) < 4.78 is 0. The van der Waals surface area contributed by atoms with Gasteiger partial charge in [0.05, 0.1) is 5.69 Å². The zero-order valence-corrected chi connectivity index (χ0v) is 17.6. The summed E-state index contributed by atoms with van der Waals surface area (Å²) in [4.78, 5) is 23.2. The predicted octanol–water partition coefficient (Wildman–Crippen LogP) is 4.83. The molecule has 3 aromatic rings. The van der Waals surface area contributed by atoms with Crippen molar-refractivity contribution in [2.24, 2.45) is 0 Å². The van der Waals surface area contributed by atoms with Crippen LogP contribution in [0.5, 0.6) is 0 Å². The van der Waals surface area contributed by atoms with Crippen LogP contribution >= 0.6 is 11.3 Å². The van der Waals surface area contributed by atoms with Gasteiger partial charge >= 0.3 is 0 Å². The Kier molecular flexibility index (Phi) is 5.47. The van der Waals surface area contributed by atoms with E-state index in [1.807, 2.05) is 17.9 Å². The highest BCUT2D eigenvalue weighted by Gasteiger charge is 2.31. The Morgan fingerprint density at radius 1 is 1.18 bits per heavy atom. The number of benzene rings is 2. The second-order valence-electron chi connectivity index (χ2n) is 7.38. The van der Waals surface area contributed by atoms with Gasteiger partial charge in [-0.2, -0.15) is 0 Å². The fraction of sp³-hybridized carbons (Fsp3) is 0.391. The molecule has 0 bridgehead atoms. The minimum Gasteiger partial charge on any atom is -0.336 e. The molecule has 4 rings (SSSR count). The molecule has 0 saturated carbocycles. The van der Waals surface area contributed by atoms with Crippen LogP contribution in [0, 0.1) is 6.92 Å². The van der Waals surface area contributed by atoms with E-state index < -0.39 is 0 Å². The van der Waals surface area contributed by atoms with E-state index in [1.54, 1.807) is 0 Å². The van der Waals surface area contributed by atoms with E-state index in [1.165, 1.54) is 22.1 Å². The highest BCUT2D eigenvalue weighted by Crippen LogP contribution is 2.34. The molecule has 0 aliphatic carbocycles. The van der Waals surface area contributed by atoms with Crippen molar-refractivity contribution in [1.29, 1.82) is 0 Å². The first-order valence-electron chi connectivity index (χ1n) is 10.1. The zero-order chi connectivity index (χ0) is 19.7. The number of aromatic nitrogens is 1. The van der Waals surface area contributed by atoms with Crippen LogP contribution in [0.4, 0.5) is 0 Å². The molecule has 1 aliphatic rings. The van der Waals surface area contributed by atoms with Crippen LogP contribution in [0.2, 0.25) is 0 Å².